The van der Waals surface area contributed by atoms with E-state index in [0.29, 0.717) is 12.8 Å². The molecule has 2 rings (SSSR count). The molecule has 0 heterocycles. The van der Waals surface area contributed by atoms with E-state index in [2.05, 4.69) is 10.9 Å². The van der Waals surface area contributed by atoms with Crippen molar-refractivity contribution in [3.05, 3.63) is 71.8 Å². The number of hydrogen-bond donors (Lipinski definition) is 2. The lowest BCUT2D eigenvalue weighted by Crippen LogP contribution is -2.41. The second-order valence-corrected chi connectivity index (χ2v) is 4.72. The summed E-state index contributed by atoms with van der Waals surface area (Å²) in [6.45, 7) is 0.159. The predicted octanol–water partition coefficient (Wildman–Crippen LogP) is 2.58. The van der Waals surface area contributed by atoms with Crippen molar-refractivity contribution in [1.29, 1.82) is 0 Å². The first kappa shape index (κ1) is 15.6. The van der Waals surface area contributed by atoms with E-state index < -0.39 is 6.09 Å². The molecule has 0 aliphatic rings. The van der Waals surface area contributed by atoms with Crippen molar-refractivity contribution in [3.8, 4) is 0 Å². The second-order valence-electron chi connectivity index (χ2n) is 4.72. The fourth-order valence-corrected chi connectivity index (χ4v) is 1.84. The van der Waals surface area contributed by atoms with E-state index in [0.717, 1.165) is 11.1 Å². The first-order valence-corrected chi connectivity index (χ1v) is 7.03. The van der Waals surface area contributed by atoms with Gasteiger partial charge in [-0.15, -0.1) is 0 Å². The summed E-state index contributed by atoms with van der Waals surface area (Å²) in [4.78, 5) is 23.1. The highest BCUT2D eigenvalue weighted by molar-refractivity contribution is 5.79. The zero-order valence-electron chi connectivity index (χ0n) is 12.1. The molecule has 0 atom stereocenters. The van der Waals surface area contributed by atoms with Gasteiger partial charge in [0.1, 0.15) is 6.61 Å². The van der Waals surface area contributed by atoms with E-state index in [9.17, 15) is 9.59 Å². The molecule has 5 heteroatoms. The van der Waals surface area contributed by atoms with Gasteiger partial charge in [0.05, 0.1) is 0 Å². The molecular formula is C17H18N2O3. The summed E-state index contributed by atoms with van der Waals surface area (Å²) in [7, 11) is 0. The first-order valence-electron chi connectivity index (χ1n) is 7.03. The van der Waals surface area contributed by atoms with Crippen LogP contribution in [-0.2, 0) is 22.6 Å². The Morgan fingerprint density at radius 3 is 2.05 bits per heavy atom. The SMILES string of the molecule is O=C(CCc1ccccc1)NNC(=O)OCc1ccccc1. The van der Waals surface area contributed by atoms with Gasteiger partial charge in [0.25, 0.3) is 0 Å². The average Bonchev–Trinajstić information content (AvgIpc) is 2.58. The number of rotatable bonds is 5. The number of hydrazine groups is 1. The molecule has 0 saturated heterocycles. The van der Waals surface area contributed by atoms with Gasteiger partial charge in [0, 0.05) is 6.42 Å². The Morgan fingerprint density at radius 2 is 1.41 bits per heavy atom. The Kier molecular flexibility index (Phi) is 5.99. The van der Waals surface area contributed by atoms with E-state index in [1.165, 1.54) is 0 Å². The maximum absolute atomic E-state index is 11.6. The number of nitrogens with one attached hydrogen (secondary N) is 2. The third kappa shape index (κ3) is 5.66. The predicted molar refractivity (Wildman–Crippen MR) is 82.7 cm³/mol. The number of ether oxygens (including phenoxy) is 1. The fourth-order valence-electron chi connectivity index (χ4n) is 1.84. The van der Waals surface area contributed by atoms with Crippen molar-refractivity contribution in [1.82, 2.24) is 10.9 Å². The molecule has 0 spiro atoms. The molecule has 0 unspecified atom stereocenters. The third-order valence-electron chi connectivity index (χ3n) is 3.00. The second kappa shape index (κ2) is 8.46. The number of aryl methyl sites for hydroxylation is 1. The molecule has 0 aliphatic heterocycles. The summed E-state index contributed by atoms with van der Waals surface area (Å²) in [5, 5.41) is 0. The Bertz CT molecular complexity index is 544. The minimum Gasteiger partial charge on any atom is -0.443 e. The number of carbonyl (C=O) groups is 2. The smallest absolute Gasteiger partial charge is 0.426 e. The fraction of sp³-hybridized carbons (Fsp3) is 0.176. The lowest BCUT2D eigenvalue weighted by molar-refractivity contribution is -0.121. The van der Waals surface area contributed by atoms with Crippen LogP contribution in [0.3, 0.4) is 0 Å². The van der Waals surface area contributed by atoms with Gasteiger partial charge in [-0.3, -0.25) is 10.2 Å². The minimum atomic E-state index is -0.683. The normalized spacial score (nSPS) is 9.82. The van der Waals surface area contributed by atoms with Gasteiger partial charge >= 0.3 is 6.09 Å². The van der Waals surface area contributed by atoms with Crippen molar-refractivity contribution >= 4 is 12.0 Å². The van der Waals surface area contributed by atoms with Crippen LogP contribution in [0.2, 0.25) is 0 Å². The highest BCUT2D eigenvalue weighted by atomic mass is 16.6. The van der Waals surface area contributed by atoms with Crippen LogP contribution in [0.15, 0.2) is 60.7 Å². The Balaban J connectivity index is 1.62. The third-order valence-corrected chi connectivity index (χ3v) is 3.00. The summed E-state index contributed by atoms with van der Waals surface area (Å²) in [6.07, 6.45) is 0.230. The Hall–Kier alpha value is -2.82. The Labute approximate surface area is 129 Å². The van der Waals surface area contributed by atoms with Gasteiger partial charge in [0.2, 0.25) is 5.91 Å². The minimum absolute atomic E-state index is 0.159. The van der Waals surface area contributed by atoms with Crippen LogP contribution in [0.25, 0.3) is 0 Å². The van der Waals surface area contributed by atoms with Crippen molar-refractivity contribution < 1.29 is 14.3 Å². The van der Waals surface area contributed by atoms with Crippen molar-refractivity contribution in [2.45, 2.75) is 19.4 Å². The number of hydrogen-bond acceptors (Lipinski definition) is 3. The molecule has 2 aromatic carbocycles. The van der Waals surface area contributed by atoms with E-state index in [4.69, 9.17) is 4.74 Å². The maximum Gasteiger partial charge on any atom is 0.426 e. The van der Waals surface area contributed by atoms with Crippen molar-refractivity contribution in [2.24, 2.45) is 0 Å². The zero-order chi connectivity index (χ0) is 15.6. The van der Waals surface area contributed by atoms with Gasteiger partial charge in [-0.05, 0) is 17.5 Å². The van der Waals surface area contributed by atoms with Gasteiger partial charge in [-0.1, -0.05) is 60.7 Å². The van der Waals surface area contributed by atoms with Crippen LogP contribution < -0.4 is 10.9 Å². The summed E-state index contributed by atoms with van der Waals surface area (Å²) in [5.41, 5.74) is 6.51. The summed E-state index contributed by atoms with van der Waals surface area (Å²) >= 11 is 0. The molecule has 0 fully saturated rings. The molecule has 2 N–H and O–H groups in total. The van der Waals surface area contributed by atoms with E-state index in [1.807, 2.05) is 60.7 Å². The standard InChI is InChI=1S/C17H18N2O3/c20-16(12-11-14-7-3-1-4-8-14)18-19-17(21)22-13-15-9-5-2-6-10-15/h1-10H,11-13H2,(H,18,20)(H,19,21). The lowest BCUT2D eigenvalue weighted by Gasteiger charge is -2.08. The van der Waals surface area contributed by atoms with Crippen molar-refractivity contribution in [3.63, 3.8) is 0 Å². The monoisotopic (exact) mass is 298 g/mol. The average molecular weight is 298 g/mol. The van der Waals surface area contributed by atoms with Gasteiger partial charge < -0.3 is 4.74 Å². The largest absolute Gasteiger partial charge is 0.443 e. The van der Waals surface area contributed by atoms with Crippen LogP contribution in [0.4, 0.5) is 4.79 Å². The molecule has 0 aromatic heterocycles. The molecular weight excluding hydrogens is 280 g/mol. The molecule has 0 aliphatic carbocycles. The molecule has 2 amide bonds. The number of benzene rings is 2. The van der Waals surface area contributed by atoms with Gasteiger partial charge in [-0.25, -0.2) is 10.2 Å². The lowest BCUT2D eigenvalue weighted by atomic mass is 10.1. The summed E-state index contributed by atoms with van der Waals surface area (Å²) in [6, 6.07) is 19.0. The van der Waals surface area contributed by atoms with E-state index in [1.54, 1.807) is 0 Å². The van der Waals surface area contributed by atoms with Crippen LogP contribution in [0, 0.1) is 0 Å². The highest BCUT2D eigenvalue weighted by Gasteiger charge is 2.06. The van der Waals surface area contributed by atoms with Crippen LogP contribution >= 0.6 is 0 Å². The highest BCUT2D eigenvalue weighted by Crippen LogP contribution is 2.02. The summed E-state index contributed by atoms with van der Waals surface area (Å²) in [5.74, 6) is -0.263. The van der Waals surface area contributed by atoms with Crippen LogP contribution in [0.1, 0.15) is 17.5 Å². The van der Waals surface area contributed by atoms with Gasteiger partial charge in [-0.2, -0.15) is 0 Å². The quantitative estimate of drug-likeness (QED) is 0.834. The molecule has 0 saturated carbocycles. The van der Waals surface area contributed by atoms with E-state index in [-0.39, 0.29) is 12.5 Å². The zero-order valence-corrected chi connectivity index (χ0v) is 12.1. The molecule has 22 heavy (non-hydrogen) atoms. The summed E-state index contributed by atoms with van der Waals surface area (Å²) < 4.78 is 4.98. The maximum atomic E-state index is 11.6. The molecule has 2 aromatic rings. The van der Waals surface area contributed by atoms with Crippen LogP contribution in [0.5, 0.6) is 0 Å². The van der Waals surface area contributed by atoms with E-state index >= 15 is 0 Å². The van der Waals surface area contributed by atoms with Crippen molar-refractivity contribution in [2.75, 3.05) is 0 Å². The number of amides is 2. The molecule has 0 bridgehead atoms. The molecule has 5 nitrogen and oxygen atoms in total. The topological polar surface area (TPSA) is 67.4 Å². The Morgan fingerprint density at radius 1 is 0.818 bits per heavy atom. The van der Waals surface area contributed by atoms with Gasteiger partial charge in [0.15, 0.2) is 0 Å². The number of carbonyl (C=O) groups excluding carboxylic acids is 2. The molecule has 114 valence electrons. The first-order chi connectivity index (χ1) is 10.7. The van der Waals surface area contributed by atoms with Crippen LogP contribution in [-0.4, -0.2) is 12.0 Å². The molecule has 0 radical (unpaired) electrons.